The van der Waals surface area contributed by atoms with Crippen molar-refractivity contribution in [3.05, 3.63) is 103 Å². The highest BCUT2D eigenvalue weighted by atomic mass is 32.2. The molecule has 4 N–H and O–H groups in total. The van der Waals surface area contributed by atoms with Crippen LogP contribution in [0.3, 0.4) is 0 Å². The van der Waals surface area contributed by atoms with Crippen LogP contribution in [-0.4, -0.2) is 37.7 Å². The molecule has 0 radical (unpaired) electrons. The van der Waals surface area contributed by atoms with E-state index in [2.05, 4.69) is 66.6 Å². The van der Waals surface area contributed by atoms with E-state index in [1.165, 1.54) is 16.0 Å². The Hall–Kier alpha value is -6.02. The zero-order valence-electron chi connectivity index (χ0n) is 33.1. The summed E-state index contributed by atoms with van der Waals surface area (Å²) in [5, 5.41) is 34.6. The van der Waals surface area contributed by atoms with Crippen LogP contribution in [0.4, 0.5) is 46.2 Å². The first-order chi connectivity index (χ1) is 26.3. The Morgan fingerprint density at radius 2 is 1.23 bits per heavy atom. The van der Waals surface area contributed by atoms with Crippen molar-refractivity contribution in [3.8, 4) is 11.2 Å². The fraction of sp³-hybridized carbons (Fsp3) is 0.275. The molecule has 288 valence electrons. The van der Waals surface area contributed by atoms with Gasteiger partial charge in [-0.3, -0.25) is 4.55 Å². The van der Waals surface area contributed by atoms with Crippen molar-refractivity contribution in [2.45, 2.75) is 81.1 Å². The molecule has 0 saturated heterocycles. The van der Waals surface area contributed by atoms with Gasteiger partial charge in [0.2, 0.25) is 16.9 Å². The van der Waals surface area contributed by atoms with E-state index in [1.54, 1.807) is 26.1 Å². The van der Waals surface area contributed by atoms with E-state index in [1.807, 2.05) is 62.3 Å². The molecule has 0 aliphatic heterocycles. The minimum Gasteiger partial charge on any atom is -0.338 e. The average Bonchev–Trinajstić information content (AvgIpc) is 3.66. The highest BCUT2D eigenvalue weighted by Crippen LogP contribution is 2.41. The van der Waals surface area contributed by atoms with Gasteiger partial charge in [0.25, 0.3) is 10.1 Å². The Balaban J connectivity index is 1.61. The van der Waals surface area contributed by atoms with Crippen molar-refractivity contribution in [1.82, 2.24) is 24.7 Å². The summed E-state index contributed by atoms with van der Waals surface area (Å²) in [4.78, 5) is 15.2. The molecule has 0 spiro atoms. The van der Waals surface area contributed by atoms with E-state index in [9.17, 15) is 18.2 Å². The molecule has 3 aromatic heterocycles. The molecule has 6 rings (SSSR count). The molecular formula is C40H43N11O3S2. The standard InChI is InChI=1S/C40H43N11O3S2/c1-19-12-21(3)31(22(4)13-19)43-37-34(48-49-36-30(17-41)18-51(50-36)40-42-28(10)29(11)55-40)38(44-33-25(7)16-26(8)35(27(33)9)56(52,53)54)47-39(46-37)45-32-23(5)14-20(2)15-24(32)6/h12-16,18H,1-11H3,(H,52,53,54)(H3,43,44,45,46,47). The highest BCUT2D eigenvalue weighted by Gasteiger charge is 2.24. The van der Waals surface area contributed by atoms with Crippen LogP contribution in [-0.2, 0) is 10.1 Å². The molecule has 6 aromatic rings. The number of benzene rings is 3. The first kappa shape index (κ1) is 39.7. The number of hydrogen-bond acceptors (Lipinski definition) is 13. The Morgan fingerprint density at radius 1 is 0.714 bits per heavy atom. The number of nitriles is 1. The SMILES string of the molecule is Cc1cc(C)c(Nc2nc(Nc3c(C)cc(C)cc3C)c(N=Nc3nn(-c4nc(C)c(C)s4)cc3C#N)c(Nc3c(C)cc(C)c(S(=O)(=O)O)c3C)n2)c(C)c1. The summed E-state index contributed by atoms with van der Waals surface area (Å²) < 4.78 is 36.9. The van der Waals surface area contributed by atoms with E-state index in [4.69, 9.17) is 9.97 Å². The predicted molar refractivity (Wildman–Crippen MR) is 221 cm³/mol. The van der Waals surface area contributed by atoms with E-state index < -0.39 is 10.1 Å². The molecule has 0 saturated carbocycles. The number of nitrogens with one attached hydrogen (secondary N) is 3. The second-order valence-corrected chi connectivity index (χ2v) is 16.6. The molecule has 0 atom stereocenters. The van der Waals surface area contributed by atoms with Crippen LogP contribution in [0.1, 0.15) is 66.2 Å². The minimum atomic E-state index is -4.59. The van der Waals surface area contributed by atoms with Crippen molar-refractivity contribution in [3.63, 3.8) is 0 Å². The molecule has 0 bridgehead atoms. The third kappa shape index (κ3) is 8.01. The van der Waals surface area contributed by atoms with Crippen LogP contribution in [0.5, 0.6) is 0 Å². The van der Waals surface area contributed by atoms with E-state index in [-0.39, 0.29) is 45.1 Å². The molecule has 3 heterocycles. The second-order valence-electron chi connectivity index (χ2n) is 14.1. The van der Waals surface area contributed by atoms with Crippen LogP contribution >= 0.6 is 11.3 Å². The van der Waals surface area contributed by atoms with Gasteiger partial charge in [-0.1, -0.05) is 52.8 Å². The quantitative estimate of drug-likeness (QED) is 0.0761. The summed E-state index contributed by atoms with van der Waals surface area (Å²) in [6, 6.07) is 12.1. The van der Waals surface area contributed by atoms with Gasteiger partial charge in [-0.25, -0.2) is 9.67 Å². The maximum atomic E-state index is 12.6. The summed E-state index contributed by atoms with van der Waals surface area (Å²) in [6.45, 7) is 21.0. The fourth-order valence-electron chi connectivity index (χ4n) is 6.91. The lowest BCUT2D eigenvalue weighted by molar-refractivity contribution is 0.482. The van der Waals surface area contributed by atoms with Gasteiger partial charge in [0.15, 0.2) is 17.3 Å². The van der Waals surface area contributed by atoms with E-state index in [0.29, 0.717) is 21.9 Å². The zero-order valence-corrected chi connectivity index (χ0v) is 34.8. The first-order valence-electron chi connectivity index (χ1n) is 17.7. The second kappa shape index (κ2) is 15.3. The lowest BCUT2D eigenvalue weighted by Gasteiger charge is -2.21. The third-order valence-electron chi connectivity index (χ3n) is 9.39. The van der Waals surface area contributed by atoms with Gasteiger partial charge < -0.3 is 16.0 Å². The maximum absolute atomic E-state index is 12.6. The van der Waals surface area contributed by atoms with Crippen LogP contribution in [0.15, 0.2) is 51.7 Å². The Labute approximate surface area is 330 Å². The molecule has 0 aliphatic rings. The zero-order chi connectivity index (χ0) is 40.8. The van der Waals surface area contributed by atoms with Crippen molar-refractivity contribution in [2.24, 2.45) is 10.2 Å². The molecule has 14 nitrogen and oxygen atoms in total. The maximum Gasteiger partial charge on any atom is 0.295 e. The normalized spacial score (nSPS) is 11.6. The number of thiazole rings is 1. The number of nitrogens with zero attached hydrogens (tertiary/aromatic N) is 8. The number of aromatic nitrogens is 5. The van der Waals surface area contributed by atoms with Crippen molar-refractivity contribution in [2.75, 3.05) is 16.0 Å². The lowest BCUT2D eigenvalue weighted by Crippen LogP contribution is -2.10. The molecule has 0 aliphatic carbocycles. The molecule has 3 aromatic carbocycles. The van der Waals surface area contributed by atoms with E-state index >= 15 is 0 Å². The number of azo groups is 1. The van der Waals surface area contributed by atoms with Crippen molar-refractivity contribution >= 4 is 67.6 Å². The molecule has 56 heavy (non-hydrogen) atoms. The summed E-state index contributed by atoms with van der Waals surface area (Å²) in [5.74, 6) is 0.661. The molecule has 16 heteroatoms. The molecular weight excluding hydrogens is 747 g/mol. The van der Waals surface area contributed by atoms with Crippen LogP contribution in [0, 0.1) is 87.5 Å². The molecule has 0 fully saturated rings. The summed E-state index contributed by atoms with van der Waals surface area (Å²) >= 11 is 1.44. The number of hydrogen-bond donors (Lipinski definition) is 4. The minimum absolute atomic E-state index is 0.0436. The van der Waals surface area contributed by atoms with Crippen LogP contribution < -0.4 is 16.0 Å². The van der Waals surface area contributed by atoms with Crippen molar-refractivity contribution in [1.29, 1.82) is 5.26 Å². The van der Waals surface area contributed by atoms with Gasteiger partial charge in [0.05, 0.1) is 11.9 Å². The summed E-state index contributed by atoms with van der Waals surface area (Å²) in [6.07, 6.45) is 1.55. The Bertz CT molecular complexity index is 2680. The van der Waals surface area contributed by atoms with Crippen LogP contribution in [0.25, 0.3) is 5.13 Å². The topological polar surface area (TPSA) is 195 Å². The first-order valence-corrected chi connectivity index (χ1v) is 19.9. The van der Waals surface area contributed by atoms with Crippen LogP contribution in [0.2, 0.25) is 0 Å². The smallest absolute Gasteiger partial charge is 0.295 e. The number of aryl methyl sites for hydroxylation is 10. The fourth-order valence-corrected chi connectivity index (χ4v) is 8.70. The third-order valence-corrected chi connectivity index (χ3v) is 11.6. The van der Waals surface area contributed by atoms with Gasteiger partial charge >= 0.3 is 0 Å². The van der Waals surface area contributed by atoms with Gasteiger partial charge in [-0.15, -0.1) is 15.3 Å². The van der Waals surface area contributed by atoms with Gasteiger partial charge in [0.1, 0.15) is 16.5 Å². The number of anilines is 6. The average molecular weight is 790 g/mol. The van der Waals surface area contributed by atoms with E-state index in [0.717, 1.165) is 55.3 Å². The molecule has 0 unspecified atom stereocenters. The lowest BCUT2D eigenvalue weighted by atomic mass is 10.0. The Kier molecular flexibility index (Phi) is 10.8. The number of rotatable bonds is 10. The molecule has 0 amide bonds. The summed E-state index contributed by atoms with van der Waals surface area (Å²) in [7, 11) is -4.59. The van der Waals surface area contributed by atoms with Gasteiger partial charge in [0, 0.05) is 21.9 Å². The summed E-state index contributed by atoms with van der Waals surface area (Å²) in [5.41, 5.74) is 10.6. The predicted octanol–water partition coefficient (Wildman–Crippen LogP) is 10.3. The monoisotopic (exact) mass is 789 g/mol. The highest BCUT2D eigenvalue weighted by molar-refractivity contribution is 7.86. The largest absolute Gasteiger partial charge is 0.338 e. The van der Waals surface area contributed by atoms with Gasteiger partial charge in [-0.2, -0.15) is 23.6 Å². The van der Waals surface area contributed by atoms with Crippen molar-refractivity contribution < 1.29 is 13.0 Å². The Morgan fingerprint density at radius 3 is 1.73 bits per heavy atom. The van der Waals surface area contributed by atoms with Gasteiger partial charge in [-0.05, 0) is 115 Å².